The zero-order valence-electron chi connectivity index (χ0n) is 8.66. The van der Waals surface area contributed by atoms with Crippen LogP contribution in [0.1, 0.15) is 33.1 Å². The first-order valence-corrected chi connectivity index (χ1v) is 5.07. The van der Waals surface area contributed by atoms with Crippen LogP contribution in [-0.2, 0) is 0 Å². The van der Waals surface area contributed by atoms with Crippen molar-refractivity contribution >= 4 is 6.21 Å². The number of allylic oxidation sites excluding steroid dienone is 3. The van der Waals surface area contributed by atoms with Crippen LogP contribution >= 0.6 is 0 Å². The van der Waals surface area contributed by atoms with E-state index in [1.807, 2.05) is 12.3 Å². The summed E-state index contributed by atoms with van der Waals surface area (Å²) < 4.78 is 0. The van der Waals surface area contributed by atoms with Gasteiger partial charge in [-0.1, -0.05) is 26.5 Å². The van der Waals surface area contributed by atoms with Crippen LogP contribution in [0.4, 0.5) is 0 Å². The van der Waals surface area contributed by atoms with E-state index >= 15 is 0 Å². The van der Waals surface area contributed by atoms with Crippen LogP contribution in [0.5, 0.6) is 0 Å². The van der Waals surface area contributed by atoms with Gasteiger partial charge in [0.2, 0.25) is 0 Å². The van der Waals surface area contributed by atoms with Crippen LogP contribution in [0.3, 0.4) is 0 Å². The summed E-state index contributed by atoms with van der Waals surface area (Å²) in [5.41, 5.74) is 1.01. The Morgan fingerprint density at radius 1 is 1.38 bits per heavy atom. The molecule has 1 heteroatoms. The summed E-state index contributed by atoms with van der Waals surface area (Å²) in [4.78, 5) is 4.26. The van der Waals surface area contributed by atoms with E-state index in [9.17, 15) is 0 Å². The molecule has 0 aromatic heterocycles. The highest BCUT2D eigenvalue weighted by Gasteiger charge is 2.12. The van der Waals surface area contributed by atoms with E-state index in [1.165, 1.54) is 12.8 Å². The van der Waals surface area contributed by atoms with Crippen molar-refractivity contribution in [2.75, 3.05) is 0 Å². The average Bonchev–Trinajstić information content (AvgIpc) is 2.09. The van der Waals surface area contributed by atoms with Gasteiger partial charge in [0.25, 0.3) is 0 Å². The van der Waals surface area contributed by atoms with Gasteiger partial charge >= 0.3 is 0 Å². The monoisotopic (exact) mass is 177 g/mol. The van der Waals surface area contributed by atoms with Gasteiger partial charge in [-0.2, -0.15) is 0 Å². The van der Waals surface area contributed by atoms with Gasteiger partial charge in [0.05, 0.1) is 0 Å². The normalized spacial score (nSPS) is 32.9. The van der Waals surface area contributed by atoms with Gasteiger partial charge in [0, 0.05) is 11.9 Å². The molecule has 0 amide bonds. The van der Waals surface area contributed by atoms with E-state index in [2.05, 4.69) is 31.5 Å². The fourth-order valence-electron chi connectivity index (χ4n) is 1.57. The second kappa shape index (κ2) is 5.00. The molecular formula is C12H19N. The lowest BCUT2D eigenvalue weighted by molar-refractivity contribution is 0.363. The lowest BCUT2D eigenvalue weighted by atomic mass is 9.88. The minimum Gasteiger partial charge on any atom is -0.262 e. The predicted molar refractivity (Wildman–Crippen MR) is 59.0 cm³/mol. The smallest absolute Gasteiger partial charge is 0.0334 e. The molecular weight excluding hydrogens is 158 g/mol. The molecule has 13 heavy (non-hydrogen) atoms. The Balaban J connectivity index is 2.63. The summed E-state index contributed by atoms with van der Waals surface area (Å²) in [5.74, 6) is 1.48. The van der Waals surface area contributed by atoms with Crippen molar-refractivity contribution in [3.05, 3.63) is 24.4 Å². The third-order valence-corrected chi connectivity index (χ3v) is 2.80. The van der Waals surface area contributed by atoms with Crippen LogP contribution in [-0.4, -0.2) is 6.21 Å². The quantitative estimate of drug-likeness (QED) is 0.536. The van der Waals surface area contributed by atoms with E-state index in [0.29, 0.717) is 5.92 Å². The zero-order chi connectivity index (χ0) is 9.68. The molecule has 0 saturated carbocycles. The third-order valence-electron chi connectivity index (χ3n) is 2.80. The third kappa shape index (κ3) is 3.58. The summed E-state index contributed by atoms with van der Waals surface area (Å²) in [7, 11) is 0. The van der Waals surface area contributed by atoms with Gasteiger partial charge in [0.15, 0.2) is 0 Å². The summed E-state index contributed by atoms with van der Waals surface area (Å²) in [6, 6.07) is 0. The van der Waals surface area contributed by atoms with Gasteiger partial charge in [0.1, 0.15) is 0 Å². The van der Waals surface area contributed by atoms with Gasteiger partial charge in [-0.3, -0.25) is 4.99 Å². The molecule has 1 aliphatic rings. The maximum atomic E-state index is 4.26. The molecule has 2 atom stereocenters. The minimum atomic E-state index is 0.705. The lowest BCUT2D eigenvalue weighted by Gasteiger charge is -2.19. The highest BCUT2D eigenvalue weighted by Crippen LogP contribution is 2.23. The first-order chi connectivity index (χ1) is 6.20. The Kier molecular flexibility index (Phi) is 3.94. The number of rotatable bonds is 0. The largest absolute Gasteiger partial charge is 0.262 e. The molecule has 1 nitrogen and oxygen atoms in total. The van der Waals surface area contributed by atoms with Gasteiger partial charge in [-0.15, -0.1) is 0 Å². The molecule has 0 aromatic carbocycles. The Morgan fingerprint density at radius 2 is 2.15 bits per heavy atom. The molecule has 1 heterocycles. The summed E-state index contributed by atoms with van der Waals surface area (Å²) in [5, 5.41) is 0. The molecule has 0 aliphatic carbocycles. The first-order valence-electron chi connectivity index (χ1n) is 5.07. The highest BCUT2D eigenvalue weighted by molar-refractivity contribution is 5.71. The predicted octanol–water partition coefficient (Wildman–Crippen LogP) is 3.58. The van der Waals surface area contributed by atoms with E-state index in [4.69, 9.17) is 0 Å². The standard InChI is InChI=1S/C12H19N/c1-10-7-5-4-6-8-13-12(3)9-11(10)2/h4,6,8,10-11H,3,5,7,9H2,1-2H3/b6-4-,13-8?. The van der Waals surface area contributed by atoms with E-state index in [-0.39, 0.29) is 0 Å². The zero-order valence-corrected chi connectivity index (χ0v) is 8.66. The molecule has 0 saturated heterocycles. The maximum Gasteiger partial charge on any atom is 0.0334 e. The summed E-state index contributed by atoms with van der Waals surface area (Å²) >= 11 is 0. The molecule has 72 valence electrons. The minimum absolute atomic E-state index is 0.705. The van der Waals surface area contributed by atoms with Gasteiger partial charge < -0.3 is 0 Å². The number of hydrogen-bond acceptors (Lipinski definition) is 1. The van der Waals surface area contributed by atoms with Crippen molar-refractivity contribution in [2.45, 2.75) is 33.1 Å². The molecule has 0 fully saturated rings. The molecule has 0 bridgehead atoms. The van der Waals surface area contributed by atoms with E-state index in [0.717, 1.165) is 18.0 Å². The Hall–Kier alpha value is -0.850. The van der Waals surface area contributed by atoms with Gasteiger partial charge in [-0.25, -0.2) is 0 Å². The molecule has 1 aliphatic heterocycles. The van der Waals surface area contributed by atoms with Crippen molar-refractivity contribution in [1.29, 1.82) is 0 Å². The molecule has 0 N–H and O–H groups in total. The van der Waals surface area contributed by atoms with E-state index < -0.39 is 0 Å². The number of aliphatic imine (C=N–C) groups is 1. The Morgan fingerprint density at radius 3 is 2.92 bits per heavy atom. The fourth-order valence-corrected chi connectivity index (χ4v) is 1.57. The topological polar surface area (TPSA) is 12.4 Å². The number of hydrogen-bond donors (Lipinski definition) is 0. The van der Waals surface area contributed by atoms with Crippen molar-refractivity contribution in [3.63, 3.8) is 0 Å². The van der Waals surface area contributed by atoms with Crippen molar-refractivity contribution < 1.29 is 0 Å². The van der Waals surface area contributed by atoms with Crippen LogP contribution in [0.25, 0.3) is 0 Å². The second-order valence-electron chi connectivity index (χ2n) is 4.01. The molecule has 1 rings (SSSR count). The first kappa shape index (κ1) is 10.2. The van der Waals surface area contributed by atoms with Crippen molar-refractivity contribution in [2.24, 2.45) is 16.8 Å². The summed E-state index contributed by atoms with van der Waals surface area (Å²) in [6.45, 7) is 8.55. The SMILES string of the molecule is C=C1CC(C)C(C)CC/C=C\C=N1. The van der Waals surface area contributed by atoms with Crippen molar-refractivity contribution in [3.8, 4) is 0 Å². The fraction of sp³-hybridized carbons (Fsp3) is 0.583. The Labute approximate surface area is 81.3 Å². The second-order valence-corrected chi connectivity index (χ2v) is 4.01. The lowest BCUT2D eigenvalue weighted by Crippen LogP contribution is -2.08. The molecule has 0 radical (unpaired) electrons. The maximum absolute atomic E-state index is 4.26. The highest BCUT2D eigenvalue weighted by atomic mass is 14.7. The molecule has 0 aromatic rings. The van der Waals surface area contributed by atoms with Crippen LogP contribution < -0.4 is 0 Å². The molecule has 2 unspecified atom stereocenters. The summed E-state index contributed by atoms with van der Waals surface area (Å²) in [6.07, 6.45) is 9.54. The average molecular weight is 177 g/mol. The number of nitrogens with zero attached hydrogens (tertiary/aromatic N) is 1. The van der Waals surface area contributed by atoms with Crippen LogP contribution in [0, 0.1) is 11.8 Å². The van der Waals surface area contributed by atoms with Gasteiger partial charge in [-0.05, 0) is 37.2 Å². The van der Waals surface area contributed by atoms with Crippen LogP contribution in [0.2, 0.25) is 0 Å². The Bertz CT molecular complexity index is 225. The van der Waals surface area contributed by atoms with Crippen molar-refractivity contribution in [1.82, 2.24) is 0 Å². The van der Waals surface area contributed by atoms with E-state index in [1.54, 1.807) is 0 Å². The molecule has 0 spiro atoms. The van der Waals surface area contributed by atoms with Crippen LogP contribution in [0.15, 0.2) is 29.4 Å².